The first-order valence-electron chi connectivity index (χ1n) is 5.77. The highest BCUT2D eigenvalue weighted by Gasteiger charge is 2.18. The van der Waals surface area contributed by atoms with Crippen LogP contribution in [0.1, 0.15) is 30.4 Å². The maximum atomic E-state index is 11.6. The van der Waals surface area contributed by atoms with Crippen LogP contribution in [0.5, 0.6) is 0 Å². The topological polar surface area (TPSA) is 129 Å². The van der Waals surface area contributed by atoms with Crippen molar-refractivity contribution in [1.29, 1.82) is 0 Å². The van der Waals surface area contributed by atoms with Crippen molar-refractivity contribution < 1.29 is 14.2 Å². The molecule has 0 saturated heterocycles. The van der Waals surface area contributed by atoms with E-state index in [9.17, 15) is 14.9 Å². The molecular formula is C10H12N6O4. The number of hydrogen-bond donors (Lipinski definition) is 1. The van der Waals surface area contributed by atoms with Gasteiger partial charge in [0.2, 0.25) is 0 Å². The van der Waals surface area contributed by atoms with E-state index in [1.165, 1.54) is 16.9 Å². The first-order chi connectivity index (χ1) is 9.45. The number of aromatic nitrogens is 4. The number of nitrogens with zero attached hydrogens (tertiary/aromatic N) is 5. The second-order valence-electron chi connectivity index (χ2n) is 4.27. The van der Waals surface area contributed by atoms with E-state index in [1.807, 2.05) is 0 Å². The average Bonchev–Trinajstić information content (AvgIpc) is 2.97. The van der Waals surface area contributed by atoms with Gasteiger partial charge in [0.15, 0.2) is 5.82 Å². The van der Waals surface area contributed by atoms with Crippen LogP contribution in [-0.4, -0.2) is 36.8 Å². The number of nitro groups is 1. The molecule has 2 aromatic rings. The normalized spacial score (nSPS) is 10.8. The third-order valence-corrected chi connectivity index (χ3v) is 2.20. The van der Waals surface area contributed by atoms with Gasteiger partial charge in [-0.3, -0.25) is 4.79 Å². The number of carbonyl (C=O) groups excluding carboxylic acids is 1. The van der Waals surface area contributed by atoms with Crippen LogP contribution >= 0.6 is 0 Å². The fourth-order valence-corrected chi connectivity index (χ4v) is 1.42. The van der Waals surface area contributed by atoms with Gasteiger partial charge in [0.05, 0.1) is 17.4 Å². The lowest BCUT2D eigenvalue weighted by Gasteiger charge is -2.03. The fraction of sp³-hybridized carbons (Fsp3) is 0.400. The lowest BCUT2D eigenvalue weighted by Crippen LogP contribution is -2.30. The molecule has 0 saturated carbocycles. The second kappa shape index (κ2) is 5.47. The fourth-order valence-electron chi connectivity index (χ4n) is 1.42. The molecule has 0 aromatic carbocycles. The predicted octanol–water partition coefficient (Wildman–Crippen LogP) is 0.361. The Hall–Kier alpha value is -2.78. The molecule has 2 rings (SSSR count). The Morgan fingerprint density at radius 2 is 2.35 bits per heavy atom. The van der Waals surface area contributed by atoms with Crippen LogP contribution in [0.25, 0.3) is 0 Å². The highest BCUT2D eigenvalue weighted by atomic mass is 16.6. The summed E-state index contributed by atoms with van der Waals surface area (Å²) in [4.78, 5) is 25.4. The van der Waals surface area contributed by atoms with E-state index in [0.717, 1.165) is 0 Å². The van der Waals surface area contributed by atoms with E-state index >= 15 is 0 Å². The van der Waals surface area contributed by atoms with E-state index < -0.39 is 10.8 Å². The van der Waals surface area contributed by atoms with Crippen molar-refractivity contribution in [2.75, 3.05) is 0 Å². The summed E-state index contributed by atoms with van der Waals surface area (Å²) in [7, 11) is 0. The Labute approximate surface area is 112 Å². The first kappa shape index (κ1) is 13.6. The SMILES string of the molecule is CC(C)NC(=O)c1nc(Cn2ccc([N+](=O)[O-])n2)no1. The minimum absolute atomic E-state index is 0.0494. The van der Waals surface area contributed by atoms with Crippen molar-refractivity contribution in [2.45, 2.75) is 26.4 Å². The number of rotatable bonds is 5. The Balaban J connectivity index is 2.05. The maximum Gasteiger partial charge on any atom is 0.389 e. The smallest absolute Gasteiger partial charge is 0.358 e. The van der Waals surface area contributed by atoms with Crippen LogP contribution in [0.4, 0.5) is 5.82 Å². The van der Waals surface area contributed by atoms with E-state index in [2.05, 4.69) is 20.6 Å². The third kappa shape index (κ3) is 3.16. The van der Waals surface area contributed by atoms with Gasteiger partial charge in [-0.1, -0.05) is 5.16 Å². The zero-order chi connectivity index (χ0) is 14.7. The molecule has 0 spiro atoms. The summed E-state index contributed by atoms with van der Waals surface area (Å²) in [5.41, 5.74) is 0. The molecule has 0 radical (unpaired) electrons. The molecule has 20 heavy (non-hydrogen) atoms. The molecule has 10 heteroatoms. The van der Waals surface area contributed by atoms with Gasteiger partial charge in [-0.15, -0.1) is 0 Å². The monoisotopic (exact) mass is 280 g/mol. The van der Waals surface area contributed by atoms with Gasteiger partial charge in [0.25, 0.3) is 0 Å². The standard InChI is InChI=1S/C10H12N6O4/c1-6(2)11-9(17)10-12-7(14-20-10)5-15-4-3-8(13-15)16(18)19/h3-4,6H,5H2,1-2H3,(H,11,17). The van der Waals surface area contributed by atoms with Gasteiger partial charge in [-0.2, -0.15) is 9.67 Å². The summed E-state index contributed by atoms with van der Waals surface area (Å²) in [6.45, 7) is 3.68. The van der Waals surface area contributed by atoms with Gasteiger partial charge < -0.3 is 20.0 Å². The van der Waals surface area contributed by atoms with Gasteiger partial charge in [0.1, 0.15) is 6.54 Å². The summed E-state index contributed by atoms with van der Waals surface area (Å²) in [5.74, 6) is -0.691. The molecule has 0 atom stereocenters. The molecule has 0 aliphatic rings. The zero-order valence-electron chi connectivity index (χ0n) is 10.8. The van der Waals surface area contributed by atoms with E-state index in [0.29, 0.717) is 0 Å². The molecule has 1 amide bonds. The zero-order valence-corrected chi connectivity index (χ0v) is 10.8. The molecule has 0 bridgehead atoms. The number of amides is 1. The number of carbonyl (C=O) groups is 1. The Kier molecular flexibility index (Phi) is 3.73. The van der Waals surface area contributed by atoms with E-state index in [1.54, 1.807) is 13.8 Å². The van der Waals surface area contributed by atoms with Crippen molar-refractivity contribution in [2.24, 2.45) is 0 Å². The van der Waals surface area contributed by atoms with Crippen LogP contribution in [-0.2, 0) is 6.54 Å². The quantitative estimate of drug-likeness (QED) is 0.618. The highest BCUT2D eigenvalue weighted by molar-refractivity contribution is 5.89. The largest absolute Gasteiger partial charge is 0.389 e. The molecule has 0 aliphatic heterocycles. The molecule has 1 N–H and O–H groups in total. The highest BCUT2D eigenvalue weighted by Crippen LogP contribution is 2.07. The van der Waals surface area contributed by atoms with E-state index in [4.69, 9.17) is 4.52 Å². The van der Waals surface area contributed by atoms with Crippen molar-refractivity contribution in [1.82, 2.24) is 25.2 Å². The molecule has 2 heterocycles. The summed E-state index contributed by atoms with van der Waals surface area (Å²) >= 11 is 0. The lowest BCUT2D eigenvalue weighted by molar-refractivity contribution is -0.389. The average molecular weight is 280 g/mol. The summed E-state index contributed by atoms with van der Waals surface area (Å²) in [6.07, 6.45) is 1.42. The number of nitrogens with one attached hydrogen (secondary N) is 1. The van der Waals surface area contributed by atoms with Crippen LogP contribution in [0.3, 0.4) is 0 Å². The Morgan fingerprint density at radius 3 is 2.95 bits per heavy atom. The summed E-state index contributed by atoms with van der Waals surface area (Å²) in [5, 5.41) is 20.4. The van der Waals surface area contributed by atoms with Crippen molar-refractivity contribution in [3.8, 4) is 0 Å². The molecule has 0 fully saturated rings. The third-order valence-electron chi connectivity index (χ3n) is 2.20. The van der Waals surface area contributed by atoms with Crippen LogP contribution in [0, 0.1) is 10.1 Å². The van der Waals surface area contributed by atoms with Gasteiger partial charge >= 0.3 is 17.6 Å². The maximum absolute atomic E-state index is 11.6. The van der Waals surface area contributed by atoms with Crippen LogP contribution < -0.4 is 5.32 Å². The summed E-state index contributed by atoms with van der Waals surface area (Å²) < 4.78 is 6.09. The predicted molar refractivity (Wildman–Crippen MR) is 64.9 cm³/mol. The van der Waals surface area contributed by atoms with Crippen LogP contribution in [0.2, 0.25) is 0 Å². The molecular weight excluding hydrogens is 268 g/mol. The lowest BCUT2D eigenvalue weighted by atomic mass is 10.4. The van der Waals surface area contributed by atoms with Gasteiger partial charge in [-0.25, -0.2) is 0 Å². The first-order valence-corrected chi connectivity index (χ1v) is 5.77. The number of hydrogen-bond acceptors (Lipinski definition) is 7. The molecule has 0 unspecified atom stereocenters. The minimum Gasteiger partial charge on any atom is -0.358 e. The molecule has 10 nitrogen and oxygen atoms in total. The molecule has 0 aliphatic carbocycles. The molecule has 2 aromatic heterocycles. The van der Waals surface area contributed by atoms with E-state index in [-0.39, 0.29) is 30.1 Å². The Morgan fingerprint density at radius 1 is 1.60 bits per heavy atom. The van der Waals surface area contributed by atoms with Crippen molar-refractivity contribution >= 4 is 11.7 Å². The van der Waals surface area contributed by atoms with Crippen LogP contribution in [0.15, 0.2) is 16.8 Å². The Bertz CT molecular complexity index is 631. The molecule has 106 valence electrons. The van der Waals surface area contributed by atoms with Crippen molar-refractivity contribution in [3.63, 3.8) is 0 Å². The van der Waals surface area contributed by atoms with Gasteiger partial charge in [0, 0.05) is 6.04 Å². The van der Waals surface area contributed by atoms with Gasteiger partial charge in [-0.05, 0) is 18.8 Å². The second-order valence-corrected chi connectivity index (χ2v) is 4.27. The minimum atomic E-state index is -0.603. The van der Waals surface area contributed by atoms with Crippen molar-refractivity contribution in [3.05, 3.63) is 34.1 Å². The summed E-state index contributed by atoms with van der Waals surface area (Å²) in [6, 6.07) is 1.21.